The first-order valence-electron chi connectivity index (χ1n) is 13.6. The number of hydrogen-bond acceptors (Lipinski definition) is 7. The predicted molar refractivity (Wildman–Crippen MR) is 154 cm³/mol. The van der Waals surface area contributed by atoms with Crippen LogP contribution in [0.3, 0.4) is 0 Å². The summed E-state index contributed by atoms with van der Waals surface area (Å²) in [6, 6.07) is 22.1. The number of anilines is 1. The number of methoxy groups -OCH3 is 1. The maximum Gasteiger partial charge on any atom is 0.407 e. The van der Waals surface area contributed by atoms with Gasteiger partial charge in [0, 0.05) is 13.0 Å². The molecule has 1 aliphatic rings. The van der Waals surface area contributed by atoms with Crippen LogP contribution in [-0.4, -0.2) is 49.9 Å². The fourth-order valence-corrected chi connectivity index (χ4v) is 4.33. The number of nitrogens with zero attached hydrogens (tertiary/aromatic N) is 1. The largest absolute Gasteiger partial charge is 0.493 e. The van der Waals surface area contributed by atoms with E-state index in [9.17, 15) is 14.4 Å². The van der Waals surface area contributed by atoms with Crippen molar-refractivity contribution in [2.24, 2.45) is 0 Å². The van der Waals surface area contributed by atoms with Crippen LogP contribution in [0.2, 0.25) is 0 Å². The van der Waals surface area contributed by atoms with Gasteiger partial charge in [0.05, 0.1) is 31.5 Å². The molecule has 0 fully saturated rings. The molecule has 3 aromatic rings. The normalized spacial score (nSPS) is 14.5. The maximum atomic E-state index is 13.5. The molecule has 0 bridgehead atoms. The van der Waals surface area contributed by atoms with Crippen molar-refractivity contribution >= 4 is 23.7 Å². The molecule has 1 heterocycles. The number of rotatable bonds is 10. The molecule has 0 aliphatic carbocycles. The molecule has 216 valence electrons. The van der Waals surface area contributed by atoms with Gasteiger partial charge in [0.15, 0.2) is 6.10 Å². The van der Waals surface area contributed by atoms with Gasteiger partial charge in [0.2, 0.25) is 0 Å². The van der Waals surface area contributed by atoms with Crippen molar-refractivity contribution in [3.8, 4) is 11.5 Å². The maximum absolute atomic E-state index is 13.5. The van der Waals surface area contributed by atoms with Crippen LogP contribution >= 0.6 is 0 Å². The van der Waals surface area contributed by atoms with Crippen LogP contribution in [0.5, 0.6) is 11.5 Å². The minimum atomic E-state index is -0.697. The summed E-state index contributed by atoms with van der Waals surface area (Å²) >= 11 is 0. The minimum absolute atomic E-state index is 0.155. The van der Waals surface area contributed by atoms with Gasteiger partial charge in [0.1, 0.15) is 17.1 Å². The van der Waals surface area contributed by atoms with Crippen LogP contribution in [-0.2, 0) is 27.2 Å². The van der Waals surface area contributed by atoms with Crippen LogP contribution in [0.15, 0.2) is 72.8 Å². The molecule has 3 aromatic carbocycles. The van der Waals surface area contributed by atoms with Gasteiger partial charge in [0.25, 0.3) is 5.91 Å². The lowest BCUT2D eigenvalue weighted by molar-refractivity contribution is -0.127. The van der Waals surface area contributed by atoms with Gasteiger partial charge in [-0.3, -0.25) is 4.79 Å². The second kappa shape index (κ2) is 13.2. The van der Waals surface area contributed by atoms with E-state index in [1.807, 2.05) is 81.4 Å². The van der Waals surface area contributed by atoms with E-state index in [4.69, 9.17) is 18.9 Å². The summed E-state index contributed by atoms with van der Waals surface area (Å²) in [5.74, 6) is 0.749. The molecule has 0 aromatic heterocycles. The van der Waals surface area contributed by atoms with E-state index in [2.05, 4.69) is 5.32 Å². The molecule has 1 N–H and O–H groups in total. The van der Waals surface area contributed by atoms with E-state index in [-0.39, 0.29) is 5.91 Å². The Kier molecular flexibility index (Phi) is 9.49. The SMILES string of the molecule is COC(=O)c1ccc(CN2C(=O)C(CCOc3ccc(CCNC(=O)OC(C)(C)C)cc3)Oc3ccccc32)cc1. The lowest BCUT2D eigenvalue weighted by Crippen LogP contribution is -2.46. The summed E-state index contributed by atoms with van der Waals surface area (Å²) in [6.07, 6.45) is -0.107. The van der Waals surface area contributed by atoms with Crippen molar-refractivity contribution in [2.45, 2.75) is 51.9 Å². The highest BCUT2D eigenvalue weighted by molar-refractivity contribution is 6.00. The van der Waals surface area contributed by atoms with Crippen LogP contribution in [0.25, 0.3) is 0 Å². The van der Waals surface area contributed by atoms with E-state index >= 15 is 0 Å². The number of para-hydroxylation sites is 2. The third-order valence-corrected chi connectivity index (χ3v) is 6.34. The molecule has 2 amide bonds. The Morgan fingerprint density at radius 1 is 0.951 bits per heavy atom. The molecule has 0 saturated carbocycles. The molecule has 1 aliphatic heterocycles. The Bertz CT molecular complexity index is 1350. The number of carbonyl (C=O) groups is 3. The first-order chi connectivity index (χ1) is 19.6. The molecule has 9 heteroatoms. The number of esters is 1. The van der Waals surface area contributed by atoms with Crippen LogP contribution < -0.4 is 19.7 Å². The first-order valence-corrected chi connectivity index (χ1v) is 13.6. The van der Waals surface area contributed by atoms with Crippen molar-refractivity contribution in [1.29, 1.82) is 0 Å². The van der Waals surface area contributed by atoms with E-state index in [0.29, 0.717) is 55.3 Å². The third-order valence-electron chi connectivity index (χ3n) is 6.34. The molecule has 0 radical (unpaired) electrons. The predicted octanol–water partition coefficient (Wildman–Crippen LogP) is 5.30. The summed E-state index contributed by atoms with van der Waals surface area (Å²) < 4.78 is 22.0. The van der Waals surface area contributed by atoms with Crippen LogP contribution in [0.1, 0.15) is 48.7 Å². The molecule has 1 atom stereocenters. The number of fused-ring (bicyclic) bond motifs is 1. The van der Waals surface area contributed by atoms with E-state index in [1.165, 1.54) is 7.11 Å². The van der Waals surface area contributed by atoms with Gasteiger partial charge in [-0.1, -0.05) is 36.4 Å². The number of hydrogen-bond donors (Lipinski definition) is 1. The van der Waals surface area contributed by atoms with Crippen molar-refractivity contribution in [3.63, 3.8) is 0 Å². The van der Waals surface area contributed by atoms with Gasteiger partial charge in [-0.2, -0.15) is 0 Å². The molecular weight excluding hydrogens is 524 g/mol. The fourth-order valence-electron chi connectivity index (χ4n) is 4.33. The third kappa shape index (κ3) is 8.23. The lowest BCUT2D eigenvalue weighted by atomic mass is 10.1. The number of carbonyl (C=O) groups excluding carboxylic acids is 3. The quantitative estimate of drug-likeness (QED) is 0.336. The Balaban J connectivity index is 1.31. The van der Waals surface area contributed by atoms with Gasteiger partial charge in [-0.15, -0.1) is 0 Å². The smallest absolute Gasteiger partial charge is 0.407 e. The zero-order valence-corrected chi connectivity index (χ0v) is 23.8. The van der Waals surface area contributed by atoms with Gasteiger partial charge in [-0.25, -0.2) is 9.59 Å². The zero-order chi connectivity index (χ0) is 29.4. The molecular formula is C32H36N2O7. The first kappa shape index (κ1) is 29.5. The lowest BCUT2D eigenvalue weighted by Gasteiger charge is -2.34. The second-order valence-corrected chi connectivity index (χ2v) is 10.6. The number of nitrogens with one attached hydrogen (secondary N) is 1. The van der Waals surface area contributed by atoms with Gasteiger partial charge >= 0.3 is 12.1 Å². The Labute approximate surface area is 240 Å². The molecule has 1 unspecified atom stereocenters. The number of alkyl carbamates (subject to hydrolysis) is 1. The number of benzene rings is 3. The Morgan fingerprint density at radius 3 is 2.32 bits per heavy atom. The van der Waals surface area contributed by atoms with Crippen molar-refractivity contribution < 1.29 is 33.3 Å². The Morgan fingerprint density at radius 2 is 1.63 bits per heavy atom. The van der Waals surface area contributed by atoms with Gasteiger partial charge in [-0.05, 0) is 74.7 Å². The average Bonchev–Trinajstić information content (AvgIpc) is 2.95. The summed E-state index contributed by atoms with van der Waals surface area (Å²) in [7, 11) is 1.34. The molecule has 9 nitrogen and oxygen atoms in total. The highest BCUT2D eigenvalue weighted by Crippen LogP contribution is 2.35. The van der Waals surface area contributed by atoms with E-state index in [1.54, 1.807) is 17.0 Å². The molecule has 4 rings (SSSR count). The van der Waals surface area contributed by atoms with Crippen LogP contribution in [0, 0.1) is 0 Å². The summed E-state index contributed by atoms with van der Waals surface area (Å²) in [5, 5.41) is 2.75. The van der Waals surface area contributed by atoms with Crippen molar-refractivity contribution in [2.75, 3.05) is 25.2 Å². The second-order valence-electron chi connectivity index (χ2n) is 10.6. The summed E-state index contributed by atoms with van der Waals surface area (Å²) in [5.41, 5.74) is 2.54. The van der Waals surface area contributed by atoms with Crippen LogP contribution in [0.4, 0.5) is 10.5 Å². The number of ether oxygens (including phenoxy) is 4. The van der Waals surface area contributed by atoms with Gasteiger partial charge < -0.3 is 29.2 Å². The average molecular weight is 561 g/mol. The monoisotopic (exact) mass is 560 g/mol. The molecule has 0 spiro atoms. The minimum Gasteiger partial charge on any atom is -0.493 e. The van der Waals surface area contributed by atoms with E-state index in [0.717, 1.165) is 11.1 Å². The highest BCUT2D eigenvalue weighted by atomic mass is 16.6. The molecule has 0 saturated heterocycles. The summed E-state index contributed by atoms with van der Waals surface area (Å²) in [6.45, 7) is 6.56. The van der Waals surface area contributed by atoms with E-state index < -0.39 is 23.8 Å². The van der Waals surface area contributed by atoms with Crippen molar-refractivity contribution in [3.05, 3.63) is 89.5 Å². The fraction of sp³-hybridized carbons (Fsp3) is 0.344. The number of amides is 2. The van der Waals surface area contributed by atoms with Crippen molar-refractivity contribution in [1.82, 2.24) is 5.32 Å². The summed E-state index contributed by atoms with van der Waals surface area (Å²) in [4.78, 5) is 38.7. The zero-order valence-electron chi connectivity index (χ0n) is 23.8. The molecule has 41 heavy (non-hydrogen) atoms. The Hall–Kier alpha value is -4.53. The topological polar surface area (TPSA) is 103 Å². The standard InChI is InChI=1S/C32H36N2O7/c1-32(2,3)41-31(37)33-19-17-22-11-15-25(16-12-22)39-20-18-28-29(35)34(26-7-5-6-8-27(26)40-28)21-23-9-13-24(14-10-23)30(36)38-4/h5-16,28H,17-21H2,1-4H3,(H,33,37). The highest BCUT2D eigenvalue weighted by Gasteiger charge is 2.34.